The maximum Gasteiger partial charge on any atom is -0.0266 e. The van der Waals surface area contributed by atoms with Crippen LogP contribution in [-0.2, 0) is 0 Å². The number of fused-ring (bicyclic) bond motifs is 3. The molecular weight excluding hydrogens is 132 g/mol. The van der Waals surface area contributed by atoms with Crippen LogP contribution in [0.1, 0.15) is 51.4 Å². The lowest BCUT2D eigenvalue weighted by Crippen LogP contribution is -2.23. The second-order valence-electron chi connectivity index (χ2n) is 5.15. The Labute approximate surface area is 69.4 Å². The van der Waals surface area contributed by atoms with E-state index in [9.17, 15) is 0 Å². The molecule has 3 fully saturated rings. The van der Waals surface area contributed by atoms with Gasteiger partial charge >= 0.3 is 0 Å². The molecule has 62 valence electrons. The molecule has 0 radical (unpaired) electrons. The van der Waals surface area contributed by atoms with Gasteiger partial charge in [-0.05, 0) is 49.4 Å². The molecule has 3 saturated carbocycles. The third-order valence-corrected chi connectivity index (χ3v) is 4.70. The molecular formula is C11H18. The van der Waals surface area contributed by atoms with E-state index in [1.807, 2.05) is 0 Å². The van der Waals surface area contributed by atoms with E-state index in [0.717, 1.165) is 11.3 Å². The minimum atomic E-state index is 0.906. The molecule has 0 aromatic heterocycles. The summed E-state index contributed by atoms with van der Waals surface area (Å²) in [6.45, 7) is 0. The molecule has 0 amide bonds. The first kappa shape index (κ1) is 6.51. The Morgan fingerprint density at radius 1 is 1.00 bits per heavy atom. The van der Waals surface area contributed by atoms with Gasteiger partial charge in [0.25, 0.3) is 0 Å². The zero-order chi connectivity index (χ0) is 7.31. The predicted octanol–water partition coefficient (Wildman–Crippen LogP) is 3.37. The molecule has 0 unspecified atom stereocenters. The highest BCUT2D eigenvalue weighted by Gasteiger charge is 2.51. The Kier molecular flexibility index (Phi) is 1.20. The van der Waals surface area contributed by atoms with Gasteiger partial charge in [-0.25, -0.2) is 0 Å². The van der Waals surface area contributed by atoms with Crippen LogP contribution >= 0.6 is 0 Å². The molecule has 3 aliphatic rings. The van der Waals surface area contributed by atoms with Crippen molar-refractivity contribution >= 4 is 0 Å². The molecule has 0 heteroatoms. The van der Waals surface area contributed by atoms with Crippen molar-refractivity contribution in [3.05, 3.63) is 0 Å². The normalized spacial score (nSPS) is 45.8. The third-order valence-electron chi connectivity index (χ3n) is 4.70. The quantitative estimate of drug-likeness (QED) is 0.496. The number of rotatable bonds is 0. The Balaban J connectivity index is 1.88. The van der Waals surface area contributed by atoms with Crippen LogP contribution in [0.25, 0.3) is 0 Å². The van der Waals surface area contributed by atoms with Gasteiger partial charge in [0.05, 0.1) is 0 Å². The smallest absolute Gasteiger partial charge is 0.0266 e. The molecule has 3 aliphatic carbocycles. The summed E-state index contributed by atoms with van der Waals surface area (Å²) in [4.78, 5) is 0. The van der Waals surface area contributed by atoms with Gasteiger partial charge in [-0.15, -0.1) is 0 Å². The topological polar surface area (TPSA) is 0 Å². The molecule has 0 N–H and O–H groups in total. The first-order valence-electron chi connectivity index (χ1n) is 5.39. The summed E-state index contributed by atoms with van der Waals surface area (Å²) in [6.07, 6.45) is 12.7. The lowest BCUT2D eigenvalue weighted by molar-refractivity contribution is 0.171. The Morgan fingerprint density at radius 2 is 1.82 bits per heavy atom. The van der Waals surface area contributed by atoms with E-state index in [-0.39, 0.29) is 0 Å². The highest BCUT2D eigenvalue weighted by atomic mass is 14.6. The van der Waals surface area contributed by atoms with Crippen LogP contribution in [0.15, 0.2) is 0 Å². The van der Waals surface area contributed by atoms with Gasteiger partial charge < -0.3 is 0 Å². The Morgan fingerprint density at radius 3 is 2.36 bits per heavy atom. The summed E-state index contributed by atoms with van der Waals surface area (Å²) in [6, 6.07) is 0. The summed E-state index contributed by atoms with van der Waals surface area (Å²) in [5, 5.41) is 0. The summed E-state index contributed by atoms with van der Waals surface area (Å²) in [5.41, 5.74) is 0.906. The highest BCUT2D eigenvalue weighted by molar-refractivity contribution is 5.02. The molecule has 11 heavy (non-hydrogen) atoms. The lowest BCUT2D eigenvalue weighted by atomic mass is 9.72. The SMILES string of the molecule is C1CCC2(C1)C[C@@H]1CC[C@H]2C1. The van der Waals surface area contributed by atoms with Crippen molar-refractivity contribution in [1.29, 1.82) is 0 Å². The van der Waals surface area contributed by atoms with Crippen molar-refractivity contribution in [3.8, 4) is 0 Å². The minimum Gasteiger partial charge on any atom is -0.0527 e. The lowest BCUT2D eigenvalue weighted by Gasteiger charge is -2.33. The summed E-state index contributed by atoms with van der Waals surface area (Å²) in [7, 11) is 0. The van der Waals surface area contributed by atoms with Gasteiger partial charge in [0.15, 0.2) is 0 Å². The standard InChI is InChI=1S/C11H18/c1-2-6-11(5-1)8-9-3-4-10(11)7-9/h9-10H,1-8H2/t9-,10+/m1/s1. The maximum atomic E-state index is 1.62. The molecule has 0 heterocycles. The van der Waals surface area contributed by atoms with Crippen LogP contribution in [0, 0.1) is 17.3 Å². The molecule has 2 bridgehead atoms. The van der Waals surface area contributed by atoms with Crippen LogP contribution in [0.3, 0.4) is 0 Å². The molecule has 1 spiro atoms. The van der Waals surface area contributed by atoms with Crippen molar-refractivity contribution in [1.82, 2.24) is 0 Å². The summed E-state index contributed by atoms with van der Waals surface area (Å²) in [5.74, 6) is 2.34. The highest BCUT2D eigenvalue weighted by Crippen LogP contribution is 2.62. The van der Waals surface area contributed by atoms with Gasteiger partial charge in [0.1, 0.15) is 0 Å². The van der Waals surface area contributed by atoms with Crippen molar-refractivity contribution in [2.75, 3.05) is 0 Å². The van der Waals surface area contributed by atoms with Gasteiger partial charge in [-0.2, -0.15) is 0 Å². The average molecular weight is 150 g/mol. The van der Waals surface area contributed by atoms with Crippen molar-refractivity contribution in [2.45, 2.75) is 51.4 Å². The van der Waals surface area contributed by atoms with Crippen LogP contribution in [0.2, 0.25) is 0 Å². The van der Waals surface area contributed by atoms with Gasteiger partial charge in [0.2, 0.25) is 0 Å². The monoisotopic (exact) mass is 150 g/mol. The van der Waals surface area contributed by atoms with Crippen LogP contribution in [-0.4, -0.2) is 0 Å². The molecule has 2 atom stereocenters. The molecule has 0 aliphatic heterocycles. The molecule has 0 saturated heterocycles. The summed E-state index contributed by atoms with van der Waals surface area (Å²) >= 11 is 0. The molecule has 3 rings (SSSR count). The van der Waals surface area contributed by atoms with Crippen LogP contribution in [0.4, 0.5) is 0 Å². The summed E-state index contributed by atoms with van der Waals surface area (Å²) < 4.78 is 0. The second-order valence-corrected chi connectivity index (χ2v) is 5.15. The van der Waals surface area contributed by atoms with Gasteiger partial charge in [0, 0.05) is 0 Å². The fourth-order valence-electron chi connectivity index (χ4n) is 4.25. The van der Waals surface area contributed by atoms with Crippen LogP contribution < -0.4 is 0 Å². The largest absolute Gasteiger partial charge is 0.0527 e. The van der Waals surface area contributed by atoms with E-state index in [4.69, 9.17) is 0 Å². The minimum absolute atomic E-state index is 0.906. The third kappa shape index (κ3) is 0.761. The number of hydrogen-bond donors (Lipinski definition) is 0. The zero-order valence-electron chi connectivity index (χ0n) is 7.31. The fourth-order valence-corrected chi connectivity index (χ4v) is 4.25. The Hall–Kier alpha value is 0. The van der Waals surface area contributed by atoms with Crippen LogP contribution in [0.5, 0.6) is 0 Å². The van der Waals surface area contributed by atoms with E-state index < -0.39 is 0 Å². The van der Waals surface area contributed by atoms with E-state index in [2.05, 4.69) is 0 Å². The predicted molar refractivity (Wildman–Crippen MR) is 46.3 cm³/mol. The maximum absolute atomic E-state index is 1.62. The zero-order valence-corrected chi connectivity index (χ0v) is 7.31. The van der Waals surface area contributed by atoms with Crippen molar-refractivity contribution < 1.29 is 0 Å². The second kappa shape index (κ2) is 2.02. The van der Waals surface area contributed by atoms with Crippen molar-refractivity contribution in [3.63, 3.8) is 0 Å². The number of hydrogen-bond acceptors (Lipinski definition) is 0. The van der Waals surface area contributed by atoms with E-state index >= 15 is 0 Å². The average Bonchev–Trinajstić information content (AvgIpc) is 2.64. The van der Waals surface area contributed by atoms with E-state index in [1.54, 1.807) is 51.4 Å². The van der Waals surface area contributed by atoms with E-state index in [1.165, 1.54) is 5.92 Å². The first-order chi connectivity index (χ1) is 5.39. The van der Waals surface area contributed by atoms with Gasteiger partial charge in [-0.1, -0.05) is 19.3 Å². The Bertz CT molecular complexity index is 165. The molecule has 0 aromatic rings. The van der Waals surface area contributed by atoms with E-state index in [0.29, 0.717) is 0 Å². The van der Waals surface area contributed by atoms with Gasteiger partial charge in [-0.3, -0.25) is 0 Å². The fraction of sp³-hybridized carbons (Fsp3) is 1.00. The van der Waals surface area contributed by atoms with Crippen molar-refractivity contribution in [2.24, 2.45) is 17.3 Å². The molecule has 0 nitrogen and oxygen atoms in total. The molecule has 0 aromatic carbocycles. The first-order valence-corrected chi connectivity index (χ1v) is 5.39.